The second kappa shape index (κ2) is 8.36. The van der Waals surface area contributed by atoms with Crippen LogP contribution in [0.3, 0.4) is 0 Å². The van der Waals surface area contributed by atoms with Crippen molar-refractivity contribution in [2.45, 2.75) is 72.8 Å². The lowest BCUT2D eigenvalue weighted by Crippen LogP contribution is -2.30. The first-order chi connectivity index (χ1) is 13.2. The molecule has 3 rings (SSSR count). The van der Waals surface area contributed by atoms with Gasteiger partial charge in [0.15, 0.2) is 0 Å². The molecule has 1 unspecified atom stereocenters. The molecule has 28 heavy (non-hydrogen) atoms. The van der Waals surface area contributed by atoms with E-state index in [1.807, 2.05) is 7.05 Å². The fourth-order valence-corrected chi connectivity index (χ4v) is 5.28. The Labute approximate surface area is 171 Å². The van der Waals surface area contributed by atoms with Crippen molar-refractivity contribution in [2.24, 2.45) is 11.3 Å². The quantitative estimate of drug-likeness (QED) is 0.724. The Bertz CT molecular complexity index is 907. The van der Waals surface area contributed by atoms with E-state index in [4.69, 9.17) is 0 Å². The van der Waals surface area contributed by atoms with Crippen LogP contribution < -0.4 is 5.56 Å². The Balaban J connectivity index is 1.79. The van der Waals surface area contributed by atoms with E-state index in [-0.39, 0.29) is 16.9 Å². The van der Waals surface area contributed by atoms with Gasteiger partial charge in [0.1, 0.15) is 4.83 Å². The summed E-state index contributed by atoms with van der Waals surface area (Å²) in [6, 6.07) is 0. The Hall–Kier alpha value is -1.69. The SMILES string of the molecule is CCCCN(C)C(=O)CCn1cnc2sc3c(c2c1=O)CCC(C(C)(C)C)C3. The zero-order chi connectivity index (χ0) is 20.5. The minimum absolute atomic E-state index is 0.0146. The molecular weight excluding hydrogens is 370 g/mol. The number of hydrogen-bond donors (Lipinski definition) is 0. The van der Waals surface area contributed by atoms with E-state index < -0.39 is 0 Å². The molecule has 0 bridgehead atoms. The molecule has 1 aliphatic carbocycles. The predicted molar refractivity (Wildman–Crippen MR) is 116 cm³/mol. The molecule has 6 heteroatoms. The summed E-state index contributed by atoms with van der Waals surface area (Å²) in [5.74, 6) is 0.729. The third kappa shape index (κ3) is 4.32. The molecule has 0 saturated heterocycles. The number of unbranched alkanes of at least 4 members (excludes halogenated alkanes) is 1. The molecule has 2 aromatic heterocycles. The molecule has 0 aliphatic heterocycles. The first-order valence-electron chi connectivity index (χ1n) is 10.5. The number of nitrogens with zero attached hydrogens (tertiary/aromatic N) is 3. The van der Waals surface area contributed by atoms with Crippen molar-refractivity contribution in [1.29, 1.82) is 0 Å². The van der Waals surface area contributed by atoms with E-state index >= 15 is 0 Å². The van der Waals surface area contributed by atoms with Crippen LogP contribution in [0.15, 0.2) is 11.1 Å². The van der Waals surface area contributed by atoms with Gasteiger partial charge in [0, 0.05) is 31.4 Å². The maximum atomic E-state index is 13.1. The van der Waals surface area contributed by atoms with E-state index in [9.17, 15) is 9.59 Å². The summed E-state index contributed by atoms with van der Waals surface area (Å²) in [6.07, 6.45) is 7.15. The third-order valence-corrected chi connectivity index (χ3v) is 7.26. The summed E-state index contributed by atoms with van der Waals surface area (Å²) in [7, 11) is 1.84. The average molecular weight is 404 g/mol. The van der Waals surface area contributed by atoms with Gasteiger partial charge in [0.25, 0.3) is 5.56 Å². The highest BCUT2D eigenvalue weighted by Gasteiger charge is 2.31. The maximum absolute atomic E-state index is 13.1. The standard InChI is InChI=1S/C22H33N3O2S/c1-6-7-11-24(5)18(26)10-12-25-14-23-20-19(21(25)27)16-9-8-15(22(2,3)4)13-17(16)28-20/h14-15H,6-13H2,1-5H3. The van der Waals surface area contributed by atoms with Crippen LogP contribution in [0.5, 0.6) is 0 Å². The fourth-order valence-electron chi connectivity index (χ4n) is 4.03. The number of aryl methyl sites for hydroxylation is 2. The molecule has 0 saturated carbocycles. The van der Waals surface area contributed by atoms with Crippen LogP contribution in [-0.2, 0) is 24.2 Å². The Morgan fingerprint density at radius 3 is 2.82 bits per heavy atom. The van der Waals surface area contributed by atoms with Gasteiger partial charge in [-0.05, 0) is 42.6 Å². The maximum Gasteiger partial charge on any atom is 0.262 e. The topological polar surface area (TPSA) is 55.2 Å². The number of carbonyl (C=O) groups is 1. The molecule has 154 valence electrons. The van der Waals surface area contributed by atoms with Crippen molar-refractivity contribution in [2.75, 3.05) is 13.6 Å². The third-order valence-electron chi connectivity index (χ3n) is 6.10. The van der Waals surface area contributed by atoms with E-state index in [1.165, 1.54) is 10.4 Å². The summed E-state index contributed by atoms with van der Waals surface area (Å²) in [4.78, 5) is 33.9. The molecule has 1 amide bonds. The first-order valence-corrected chi connectivity index (χ1v) is 11.3. The normalized spacial score (nSPS) is 17.0. The molecule has 1 aliphatic rings. The van der Waals surface area contributed by atoms with Gasteiger partial charge in [0.2, 0.25) is 5.91 Å². The Morgan fingerprint density at radius 2 is 2.14 bits per heavy atom. The lowest BCUT2D eigenvalue weighted by Gasteiger charge is -2.33. The van der Waals surface area contributed by atoms with Gasteiger partial charge < -0.3 is 4.90 Å². The fraction of sp³-hybridized carbons (Fsp3) is 0.682. The number of aromatic nitrogens is 2. The molecule has 2 aromatic rings. The zero-order valence-electron chi connectivity index (χ0n) is 17.9. The van der Waals surface area contributed by atoms with Gasteiger partial charge >= 0.3 is 0 Å². The molecule has 2 heterocycles. The number of thiophene rings is 1. The van der Waals surface area contributed by atoms with Gasteiger partial charge in [-0.1, -0.05) is 34.1 Å². The first kappa shape index (κ1) is 21.0. The highest BCUT2D eigenvalue weighted by atomic mass is 32.1. The molecular formula is C22H33N3O2S. The van der Waals surface area contributed by atoms with Crippen LogP contribution in [0, 0.1) is 11.3 Å². The van der Waals surface area contributed by atoms with Crippen LogP contribution in [0.2, 0.25) is 0 Å². The summed E-state index contributed by atoms with van der Waals surface area (Å²) < 4.78 is 1.62. The molecule has 0 spiro atoms. The van der Waals surface area contributed by atoms with Gasteiger partial charge in [0.05, 0.1) is 11.7 Å². The highest BCUT2D eigenvalue weighted by molar-refractivity contribution is 7.18. The monoisotopic (exact) mass is 403 g/mol. The summed E-state index contributed by atoms with van der Waals surface area (Å²) in [6.45, 7) is 10.2. The van der Waals surface area contributed by atoms with Crippen molar-refractivity contribution >= 4 is 27.5 Å². The van der Waals surface area contributed by atoms with Crippen molar-refractivity contribution in [3.8, 4) is 0 Å². The lowest BCUT2D eigenvalue weighted by atomic mass is 9.72. The lowest BCUT2D eigenvalue weighted by molar-refractivity contribution is -0.130. The Kier molecular flexibility index (Phi) is 6.28. The van der Waals surface area contributed by atoms with Crippen LogP contribution in [0.4, 0.5) is 0 Å². The van der Waals surface area contributed by atoms with Crippen molar-refractivity contribution in [1.82, 2.24) is 14.5 Å². The zero-order valence-corrected chi connectivity index (χ0v) is 18.7. The number of fused-ring (bicyclic) bond motifs is 3. The van der Waals surface area contributed by atoms with E-state index in [2.05, 4.69) is 32.7 Å². The van der Waals surface area contributed by atoms with E-state index in [1.54, 1.807) is 27.1 Å². The summed E-state index contributed by atoms with van der Waals surface area (Å²) in [5.41, 5.74) is 1.51. The number of rotatable bonds is 6. The number of carbonyl (C=O) groups excluding carboxylic acids is 1. The van der Waals surface area contributed by atoms with Gasteiger partial charge in [-0.2, -0.15) is 0 Å². The largest absolute Gasteiger partial charge is 0.346 e. The molecule has 5 nitrogen and oxygen atoms in total. The average Bonchev–Trinajstić information content (AvgIpc) is 3.03. The number of amides is 1. The molecule has 0 radical (unpaired) electrons. The van der Waals surface area contributed by atoms with Gasteiger partial charge in [-0.15, -0.1) is 11.3 Å². The highest BCUT2D eigenvalue weighted by Crippen LogP contribution is 2.41. The van der Waals surface area contributed by atoms with Crippen molar-refractivity contribution in [3.05, 3.63) is 27.1 Å². The van der Waals surface area contributed by atoms with Crippen molar-refractivity contribution in [3.63, 3.8) is 0 Å². The van der Waals surface area contributed by atoms with Crippen molar-refractivity contribution < 1.29 is 4.79 Å². The van der Waals surface area contributed by atoms with Gasteiger partial charge in [-0.25, -0.2) is 4.98 Å². The molecule has 0 N–H and O–H groups in total. The second-order valence-electron chi connectivity index (χ2n) is 9.15. The Morgan fingerprint density at radius 1 is 1.39 bits per heavy atom. The molecule has 0 fully saturated rings. The van der Waals surface area contributed by atoms with Crippen LogP contribution in [0.1, 0.15) is 63.8 Å². The summed E-state index contributed by atoms with van der Waals surface area (Å²) in [5, 5.41) is 0.793. The van der Waals surface area contributed by atoms with Crippen LogP contribution >= 0.6 is 11.3 Å². The van der Waals surface area contributed by atoms with E-state index in [0.29, 0.717) is 18.9 Å². The van der Waals surface area contributed by atoms with E-state index in [0.717, 1.165) is 48.9 Å². The number of hydrogen-bond acceptors (Lipinski definition) is 4. The minimum atomic E-state index is 0.0146. The molecule has 1 atom stereocenters. The van der Waals surface area contributed by atoms with Gasteiger partial charge in [-0.3, -0.25) is 14.2 Å². The smallest absolute Gasteiger partial charge is 0.262 e. The summed E-state index contributed by atoms with van der Waals surface area (Å²) >= 11 is 1.68. The second-order valence-corrected chi connectivity index (χ2v) is 10.2. The van der Waals surface area contributed by atoms with Crippen LogP contribution in [-0.4, -0.2) is 34.0 Å². The predicted octanol–water partition coefficient (Wildman–Crippen LogP) is 4.26. The van der Waals surface area contributed by atoms with Crippen LogP contribution in [0.25, 0.3) is 10.2 Å². The molecule has 0 aromatic carbocycles. The minimum Gasteiger partial charge on any atom is -0.346 e.